The van der Waals surface area contributed by atoms with Gasteiger partial charge in [0.1, 0.15) is 12.4 Å². The molecule has 0 aliphatic heterocycles. The van der Waals surface area contributed by atoms with Crippen LogP contribution in [0.4, 0.5) is 0 Å². The first-order valence-corrected chi connectivity index (χ1v) is 4.31. The van der Waals surface area contributed by atoms with Crippen LogP contribution in [0.2, 0.25) is 0 Å². The highest BCUT2D eigenvalue weighted by molar-refractivity contribution is 5.32. The molecular formula is C10H15NO2. The van der Waals surface area contributed by atoms with E-state index in [0.717, 1.165) is 5.56 Å². The quantitative estimate of drug-likeness (QED) is 0.725. The maximum absolute atomic E-state index is 8.97. The number of para-hydroxylation sites is 1. The monoisotopic (exact) mass is 181 g/mol. The van der Waals surface area contributed by atoms with Crippen LogP contribution < -0.4 is 10.5 Å². The minimum atomic E-state index is -0.00484. The number of aliphatic hydroxyl groups is 1. The molecule has 0 spiro atoms. The fourth-order valence-electron chi connectivity index (χ4n) is 0.996. The Bertz CT molecular complexity index is 261. The lowest BCUT2D eigenvalue weighted by Gasteiger charge is -2.11. The van der Waals surface area contributed by atoms with Crippen molar-refractivity contribution in [2.45, 2.75) is 19.6 Å². The Kier molecular flexibility index (Phi) is 3.73. The van der Waals surface area contributed by atoms with Gasteiger partial charge in [0.05, 0.1) is 6.61 Å². The van der Waals surface area contributed by atoms with Gasteiger partial charge in [0, 0.05) is 11.6 Å². The molecule has 72 valence electrons. The smallest absolute Gasteiger partial charge is 0.124 e. The lowest BCUT2D eigenvalue weighted by molar-refractivity contribution is 0.257. The summed E-state index contributed by atoms with van der Waals surface area (Å²) in [4.78, 5) is 0. The molecule has 0 heterocycles. The van der Waals surface area contributed by atoms with Gasteiger partial charge in [-0.25, -0.2) is 0 Å². The Morgan fingerprint density at radius 3 is 2.77 bits per heavy atom. The van der Waals surface area contributed by atoms with Crippen LogP contribution in [0, 0.1) is 0 Å². The molecule has 1 atom stereocenters. The molecule has 0 aromatic heterocycles. The van der Waals surface area contributed by atoms with Crippen molar-refractivity contribution in [1.29, 1.82) is 0 Å². The molecule has 13 heavy (non-hydrogen) atoms. The van der Waals surface area contributed by atoms with Crippen LogP contribution in [-0.4, -0.2) is 17.8 Å². The number of rotatable bonds is 4. The zero-order valence-electron chi connectivity index (χ0n) is 7.73. The standard InChI is InChI=1S/C10H15NO2/c1-8(11)7-13-10-5-3-2-4-9(10)6-12/h2-5,8,12H,6-7,11H2,1H3. The molecule has 0 aliphatic carbocycles. The summed E-state index contributed by atoms with van der Waals surface area (Å²) in [6, 6.07) is 7.40. The van der Waals surface area contributed by atoms with Crippen molar-refractivity contribution >= 4 is 0 Å². The number of hydrogen-bond acceptors (Lipinski definition) is 3. The second-order valence-electron chi connectivity index (χ2n) is 3.05. The first-order valence-electron chi connectivity index (χ1n) is 4.31. The zero-order chi connectivity index (χ0) is 9.68. The molecule has 3 N–H and O–H groups in total. The van der Waals surface area contributed by atoms with E-state index in [4.69, 9.17) is 15.6 Å². The Balaban J connectivity index is 2.64. The van der Waals surface area contributed by atoms with E-state index in [2.05, 4.69) is 0 Å². The molecule has 1 unspecified atom stereocenters. The van der Waals surface area contributed by atoms with Gasteiger partial charge in [-0.15, -0.1) is 0 Å². The first-order chi connectivity index (χ1) is 6.24. The average Bonchev–Trinajstić information content (AvgIpc) is 2.15. The second kappa shape index (κ2) is 4.84. The Morgan fingerprint density at radius 2 is 2.15 bits per heavy atom. The van der Waals surface area contributed by atoms with Crippen LogP contribution in [-0.2, 0) is 6.61 Å². The number of hydrogen-bond donors (Lipinski definition) is 2. The SMILES string of the molecule is CC(N)COc1ccccc1CO. The van der Waals surface area contributed by atoms with Crippen molar-refractivity contribution in [1.82, 2.24) is 0 Å². The molecule has 0 bridgehead atoms. The Labute approximate surface area is 78.1 Å². The minimum Gasteiger partial charge on any atom is -0.492 e. The summed E-state index contributed by atoms with van der Waals surface area (Å²) in [5.41, 5.74) is 6.34. The van der Waals surface area contributed by atoms with Crippen molar-refractivity contribution in [2.24, 2.45) is 5.73 Å². The van der Waals surface area contributed by atoms with Gasteiger partial charge in [-0.05, 0) is 13.0 Å². The zero-order valence-corrected chi connectivity index (χ0v) is 7.73. The number of nitrogens with two attached hydrogens (primary N) is 1. The van der Waals surface area contributed by atoms with E-state index in [-0.39, 0.29) is 12.6 Å². The maximum Gasteiger partial charge on any atom is 0.124 e. The highest BCUT2D eigenvalue weighted by atomic mass is 16.5. The number of aliphatic hydroxyl groups excluding tert-OH is 1. The van der Waals surface area contributed by atoms with Crippen molar-refractivity contribution in [3.63, 3.8) is 0 Å². The highest BCUT2D eigenvalue weighted by Crippen LogP contribution is 2.17. The Hall–Kier alpha value is -1.06. The van der Waals surface area contributed by atoms with Gasteiger partial charge >= 0.3 is 0 Å². The molecular weight excluding hydrogens is 166 g/mol. The van der Waals surface area contributed by atoms with E-state index in [1.165, 1.54) is 0 Å². The van der Waals surface area contributed by atoms with Gasteiger partial charge in [-0.1, -0.05) is 18.2 Å². The summed E-state index contributed by atoms with van der Waals surface area (Å²) >= 11 is 0. The first kappa shape index (κ1) is 10.0. The molecule has 0 radical (unpaired) electrons. The summed E-state index contributed by atoms with van der Waals surface area (Å²) < 4.78 is 5.40. The van der Waals surface area contributed by atoms with Crippen LogP contribution in [0.5, 0.6) is 5.75 Å². The molecule has 1 aromatic carbocycles. The summed E-state index contributed by atoms with van der Waals surface area (Å²) in [5, 5.41) is 8.97. The lowest BCUT2D eigenvalue weighted by Crippen LogP contribution is -2.23. The number of benzene rings is 1. The molecule has 0 saturated carbocycles. The van der Waals surface area contributed by atoms with Crippen LogP contribution >= 0.6 is 0 Å². The van der Waals surface area contributed by atoms with Crippen molar-refractivity contribution in [3.8, 4) is 5.75 Å². The molecule has 0 amide bonds. The van der Waals surface area contributed by atoms with E-state index >= 15 is 0 Å². The van der Waals surface area contributed by atoms with E-state index in [1.54, 1.807) is 0 Å². The second-order valence-corrected chi connectivity index (χ2v) is 3.05. The molecule has 3 nitrogen and oxygen atoms in total. The number of ether oxygens (including phenoxy) is 1. The molecule has 3 heteroatoms. The van der Waals surface area contributed by atoms with Gasteiger partial charge in [-0.3, -0.25) is 0 Å². The van der Waals surface area contributed by atoms with E-state index < -0.39 is 0 Å². The topological polar surface area (TPSA) is 55.5 Å². The van der Waals surface area contributed by atoms with E-state index in [9.17, 15) is 0 Å². The minimum absolute atomic E-state index is 0.00484. The summed E-state index contributed by atoms with van der Waals surface area (Å²) in [6.45, 7) is 2.34. The predicted molar refractivity (Wildman–Crippen MR) is 51.5 cm³/mol. The molecule has 1 rings (SSSR count). The van der Waals surface area contributed by atoms with Crippen LogP contribution in [0.15, 0.2) is 24.3 Å². The lowest BCUT2D eigenvalue weighted by atomic mass is 10.2. The van der Waals surface area contributed by atoms with Gasteiger partial charge in [-0.2, -0.15) is 0 Å². The van der Waals surface area contributed by atoms with E-state index in [0.29, 0.717) is 12.4 Å². The summed E-state index contributed by atoms with van der Waals surface area (Å²) in [7, 11) is 0. The average molecular weight is 181 g/mol. The van der Waals surface area contributed by atoms with Crippen molar-refractivity contribution in [2.75, 3.05) is 6.61 Å². The van der Waals surface area contributed by atoms with Crippen LogP contribution in [0.25, 0.3) is 0 Å². The highest BCUT2D eigenvalue weighted by Gasteiger charge is 2.01. The van der Waals surface area contributed by atoms with E-state index in [1.807, 2.05) is 31.2 Å². The molecule has 0 aliphatic rings. The summed E-state index contributed by atoms with van der Waals surface area (Å²) in [5.74, 6) is 0.710. The Morgan fingerprint density at radius 1 is 1.46 bits per heavy atom. The third kappa shape index (κ3) is 3.05. The van der Waals surface area contributed by atoms with Gasteiger partial charge < -0.3 is 15.6 Å². The van der Waals surface area contributed by atoms with Crippen molar-refractivity contribution < 1.29 is 9.84 Å². The van der Waals surface area contributed by atoms with Gasteiger partial charge in [0.15, 0.2) is 0 Å². The fraction of sp³-hybridized carbons (Fsp3) is 0.400. The van der Waals surface area contributed by atoms with Gasteiger partial charge in [0.2, 0.25) is 0 Å². The normalized spacial score (nSPS) is 12.5. The maximum atomic E-state index is 8.97. The van der Waals surface area contributed by atoms with Crippen LogP contribution in [0.3, 0.4) is 0 Å². The molecule has 0 fully saturated rings. The van der Waals surface area contributed by atoms with Gasteiger partial charge in [0.25, 0.3) is 0 Å². The third-order valence-corrected chi connectivity index (χ3v) is 1.64. The largest absolute Gasteiger partial charge is 0.492 e. The third-order valence-electron chi connectivity index (χ3n) is 1.64. The molecule has 0 saturated heterocycles. The van der Waals surface area contributed by atoms with Crippen LogP contribution in [0.1, 0.15) is 12.5 Å². The predicted octanol–water partition coefficient (Wildman–Crippen LogP) is 0.905. The van der Waals surface area contributed by atoms with Crippen molar-refractivity contribution in [3.05, 3.63) is 29.8 Å². The summed E-state index contributed by atoms with van der Waals surface area (Å²) in [6.07, 6.45) is 0. The fourth-order valence-corrected chi connectivity index (χ4v) is 0.996. The molecule has 1 aromatic rings.